The Balaban J connectivity index is 2.20. The molecule has 0 bridgehead atoms. The van der Waals surface area contributed by atoms with Gasteiger partial charge in [0.15, 0.2) is 5.82 Å². The minimum Gasteiger partial charge on any atom is -0.314 e. The van der Waals surface area contributed by atoms with Crippen LogP contribution in [0.15, 0.2) is 11.2 Å². The zero-order valence-corrected chi connectivity index (χ0v) is 12.3. The molecule has 2 heterocycles. The highest BCUT2D eigenvalue weighted by atomic mass is 32.2. The lowest BCUT2D eigenvalue weighted by molar-refractivity contribution is 0.576. The Kier molecular flexibility index (Phi) is 4.16. The second-order valence-corrected chi connectivity index (χ2v) is 6.02. The normalized spacial score (nSPS) is 11.9. The third kappa shape index (κ3) is 3.03. The van der Waals surface area contributed by atoms with Gasteiger partial charge in [-0.25, -0.2) is 18.1 Å². The van der Waals surface area contributed by atoms with Crippen molar-refractivity contribution in [1.29, 1.82) is 0 Å². The highest BCUT2D eigenvalue weighted by Gasteiger charge is 2.24. The van der Waals surface area contributed by atoms with Gasteiger partial charge in [-0.3, -0.25) is 9.78 Å². The van der Waals surface area contributed by atoms with Crippen LogP contribution in [0, 0.1) is 6.92 Å². The predicted octanol–water partition coefficient (Wildman–Crippen LogP) is -0.955. The fourth-order valence-electron chi connectivity index (χ4n) is 1.81. The van der Waals surface area contributed by atoms with E-state index < -0.39 is 10.0 Å². The molecule has 2 aromatic heterocycles. The number of nitrogens with one attached hydrogen (secondary N) is 3. The molecule has 2 rings (SSSR count). The van der Waals surface area contributed by atoms with E-state index in [1.165, 1.54) is 11.0 Å². The molecule has 0 saturated carbocycles. The number of H-pyrrole nitrogens is 1. The maximum absolute atomic E-state index is 12.3. The number of hydrogen-bond acceptors (Lipinski definition) is 6. The van der Waals surface area contributed by atoms with E-state index in [1.54, 1.807) is 21.0 Å². The summed E-state index contributed by atoms with van der Waals surface area (Å²) in [7, 11) is -0.216. The first kappa shape index (κ1) is 14.6. The summed E-state index contributed by atoms with van der Waals surface area (Å²) in [6.45, 7) is 2.06. The summed E-state index contributed by atoms with van der Waals surface area (Å²) in [6.07, 6.45) is 1.51. The van der Waals surface area contributed by atoms with Crippen molar-refractivity contribution in [3.8, 4) is 0 Å². The summed E-state index contributed by atoms with van der Waals surface area (Å²) in [5, 5.41) is 13.6. The Labute approximate surface area is 116 Å². The molecular formula is C10H17N7O2S. The standard InChI is InChI=1S/C10H17N7O2S/c1-7-10(8(4-11-2)15-14-7)20(18,19)13-5-9-12-6-17(3)16-9/h6,11,13H,4-5H2,1-3H3,(H,14,15). The van der Waals surface area contributed by atoms with Crippen molar-refractivity contribution in [1.82, 2.24) is 35.0 Å². The third-order valence-electron chi connectivity index (χ3n) is 2.64. The van der Waals surface area contributed by atoms with Crippen molar-refractivity contribution >= 4 is 10.0 Å². The first-order valence-electron chi connectivity index (χ1n) is 5.96. The fraction of sp³-hybridized carbons (Fsp3) is 0.500. The van der Waals surface area contributed by atoms with Crippen LogP contribution < -0.4 is 10.0 Å². The Morgan fingerprint density at radius 3 is 2.75 bits per heavy atom. The van der Waals surface area contributed by atoms with E-state index in [4.69, 9.17) is 0 Å². The first-order chi connectivity index (χ1) is 9.44. The Morgan fingerprint density at radius 1 is 1.40 bits per heavy atom. The molecule has 0 spiro atoms. The summed E-state index contributed by atoms with van der Waals surface area (Å²) < 4.78 is 28.6. The van der Waals surface area contributed by atoms with Crippen LogP contribution in [0.3, 0.4) is 0 Å². The van der Waals surface area contributed by atoms with Gasteiger partial charge in [-0.2, -0.15) is 10.2 Å². The summed E-state index contributed by atoms with van der Waals surface area (Å²) in [4.78, 5) is 4.14. The molecule has 0 amide bonds. The second-order valence-electron chi connectivity index (χ2n) is 4.31. The largest absolute Gasteiger partial charge is 0.314 e. The summed E-state index contributed by atoms with van der Waals surface area (Å²) >= 11 is 0. The SMILES string of the molecule is CNCc1n[nH]c(C)c1S(=O)(=O)NCc1ncn(C)n1. The highest BCUT2D eigenvalue weighted by Crippen LogP contribution is 2.17. The lowest BCUT2D eigenvalue weighted by atomic mass is 10.4. The molecule has 0 aliphatic heterocycles. The maximum atomic E-state index is 12.3. The van der Waals surface area contributed by atoms with Crippen LogP contribution in [0.1, 0.15) is 17.2 Å². The zero-order chi connectivity index (χ0) is 14.8. The van der Waals surface area contributed by atoms with E-state index in [0.717, 1.165) is 0 Å². The topological polar surface area (TPSA) is 118 Å². The summed E-state index contributed by atoms with van der Waals surface area (Å²) in [5.41, 5.74) is 0.947. The van der Waals surface area contributed by atoms with E-state index in [-0.39, 0.29) is 11.4 Å². The molecular weight excluding hydrogens is 282 g/mol. The molecule has 9 nitrogen and oxygen atoms in total. The predicted molar refractivity (Wildman–Crippen MR) is 71.1 cm³/mol. The second kappa shape index (κ2) is 5.69. The van der Waals surface area contributed by atoms with Crippen LogP contribution in [0.4, 0.5) is 0 Å². The average molecular weight is 299 g/mol. The average Bonchev–Trinajstić information content (AvgIpc) is 2.95. The van der Waals surface area contributed by atoms with Crippen LogP contribution in [0.5, 0.6) is 0 Å². The van der Waals surface area contributed by atoms with Gasteiger partial charge in [-0.05, 0) is 14.0 Å². The van der Waals surface area contributed by atoms with Gasteiger partial charge in [-0.15, -0.1) is 0 Å². The molecule has 3 N–H and O–H groups in total. The van der Waals surface area contributed by atoms with Gasteiger partial charge in [0.2, 0.25) is 10.0 Å². The lowest BCUT2D eigenvalue weighted by Gasteiger charge is -2.06. The van der Waals surface area contributed by atoms with Crippen LogP contribution in [-0.2, 0) is 30.2 Å². The molecule has 0 aliphatic carbocycles. The van der Waals surface area contributed by atoms with Gasteiger partial charge in [-0.1, -0.05) is 0 Å². The molecule has 0 saturated heterocycles. The van der Waals surface area contributed by atoms with E-state index in [1.807, 2.05) is 0 Å². The Hall–Kier alpha value is -1.78. The maximum Gasteiger partial charge on any atom is 0.244 e. The van der Waals surface area contributed by atoms with Crippen molar-refractivity contribution in [3.05, 3.63) is 23.5 Å². The molecule has 0 fully saturated rings. The molecule has 10 heteroatoms. The Morgan fingerprint density at radius 2 is 2.15 bits per heavy atom. The van der Waals surface area contributed by atoms with Gasteiger partial charge in [0, 0.05) is 13.6 Å². The molecule has 0 aliphatic rings. The number of aryl methyl sites for hydroxylation is 2. The molecule has 0 unspecified atom stereocenters. The number of aromatic nitrogens is 5. The number of hydrogen-bond donors (Lipinski definition) is 3. The Bertz CT molecular complexity index is 688. The van der Waals surface area contributed by atoms with Crippen LogP contribution >= 0.6 is 0 Å². The molecule has 0 atom stereocenters. The van der Waals surface area contributed by atoms with Gasteiger partial charge in [0.1, 0.15) is 11.2 Å². The van der Waals surface area contributed by atoms with Crippen molar-refractivity contribution < 1.29 is 8.42 Å². The summed E-state index contributed by atoms with van der Waals surface area (Å²) in [6, 6.07) is 0. The van der Waals surface area contributed by atoms with E-state index in [9.17, 15) is 8.42 Å². The number of rotatable bonds is 6. The van der Waals surface area contributed by atoms with Gasteiger partial charge < -0.3 is 5.32 Å². The number of aromatic amines is 1. The zero-order valence-electron chi connectivity index (χ0n) is 11.5. The van der Waals surface area contributed by atoms with Gasteiger partial charge in [0.05, 0.1) is 17.9 Å². The molecule has 2 aromatic rings. The van der Waals surface area contributed by atoms with Crippen LogP contribution in [0.25, 0.3) is 0 Å². The third-order valence-corrected chi connectivity index (χ3v) is 4.25. The molecule has 0 aromatic carbocycles. The van der Waals surface area contributed by atoms with Gasteiger partial charge >= 0.3 is 0 Å². The van der Waals surface area contributed by atoms with E-state index in [2.05, 4.69) is 30.3 Å². The van der Waals surface area contributed by atoms with Crippen molar-refractivity contribution in [3.63, 3.8) is 0 Å². The minimum atomic E-state index is -3.66. The van der Waals surface area contributed by atoms with Crippen molar-refractivity contribution in [2.75, 3.05) is 7.05 Å². The number of nitrogens with zero attached hydrogens (tertiary/aromatic N) is 4. The molecule has 20 heavy (non-hydrogen) atoms. The quantitative estimate of drug-likeness (QED) is 0.632. The molecule has 0 radical (unpaired) electrons. The monoisotopic (exact) mass is 299 g/mol. The van der Waals surface area contributed by atoms with Crippen molar-refractivity contribution in [2.45, 2.75) is 24.9 Å². The van der Waals surface area contributed by atoms with E-state index >= 15 is 0 Å². The fourth-order valence-corrected chi connectivity index (χ4v) is 3.15. The first-order valence-corrected chi connectivity index (χ1v) is 7.45. The van der Waals surface area contributed by atoms with Gasteiger partial charge in [0.25, 0.3) is 0 Å². The van der Waals surface area contributed by atoms with Crippen LogP contribution in [-0.4, -0.2) is 40.4 Å². The van der Waals surface area contributed by atoms with E-state index in [0.29, 0.717) is 23.8 Å². The smallest absolute Gasteiger partial charge is 0.244 e. The molecule has 110 valence electrons. The summed E-state index contributed by atoms with van der Waals surface area (Å²) in [5.74, 6) is 0.410. The highest BCUT2D eigenvalue weighted by molar-refractivity contribution is 7.89. The van der Waals surface area contributed by atoms with Crippen LogP contribution in [0.2, 0.25) is 0 Å². The van der Waals surface area contributed by atoms with Crippen molar-refractivity contribution in [2.24, 2.45) is 7.05 Å². The number of sulfonamides is 1. The lowest BCUT2D eigenvalue weighted by Crippen LogP contribution is -2.26. The minimum absolute atomic E-state index is 0.0345.